The zero-order chi connectivity index (χ0) is 15.4. The molecule has 0 aromatic heterocycles. The summed E-state index contributed by atoms with van der Waals surface area (Å²) in [5.74, 6) is 0.823. The van der Waals surface area contributed by atoms with Gasteiger partial charge in [-0.05, 0) is 50.9 Å². The molecule has 0 N–H and O–H groups in total. The summed E-state index contributed by atoms with van der Waals surface area (Å²) < 4.78 is 6.05. The van der Waals surface area contributed by atoms with Gasteiger partial charge in [0.05, 0.1) is 16.7 Å². The molecular formula is C17H24Cl2N2O. The fourth-order valence-corrected chi connectivity index (χ4v) is 3.58. The van der Waals surface area contributed by atoms with E-state index >= 15 is 0 Å². The molecule has 0 aliphatic carbocycles. The number of piperidine rings is 2. The highest BCUT2D eigenvalue weighted by Crippen LogP contribution is 2.28. The zero-order valence-electron chi connectivity index (χ0n) is 12.9. The van der Waals surface area contributed by atoms with E-state index in [1.807, 2.05) is 12.1 Å². The van der Waals surface area contributed by atoms with Crippen molar-refractivity contribution in [1.82, 2.24) is 9.80 Å². The second-order valence-corrected chi connectivity index (χ2v) is 7.15. The van der Waals surface area contributed by atoms with Gasteiger partial charge in [-0.25, -0.2) is 0 Å². The zero-order valence-corrected chi connectivity index (χ0v) is 14.5. The van der Waals surface area contributed by atoms with Crippen molar-refractivity contribution in [2.24, 2.45) is 0 Å². The normalized spacial score (nSPS) is 21.9. The van der Waals surface area contributed by atoms with E-state index in [4.69, 9.17) is 27.9 Å². The number of nitrogens with zero attached hydrogens (tertiary/aromatic N) is 2. The van der Waals surface area contributed by atoms with Crippen LogP contribution in [0.15, 0.2) is 18.2 Å². The van der Waals surface area contributed by atoms with Gasteiger partial charge in [-0.2, -0.15) is 0 Å². The van der Waals surface area contributed by atoms with E-state index in [1.54, 1.807) is 6.07 Å². The first-order valence-electron chi connectivity index (χ1n) is 8.27. The molecule has 0 radical (unpaired) electrons. The largest absolute Gasteiger partial charge is 0.490 e. The summed E-state index contributed by atoms with van der Waals surface area (Å²) in [7, 11) is 0. The van der Waals surface area contributed by atoms with E-state index < -0.39 is 0 Å². The maximum absolute atomic E-state index is 6.05. The molecule has 3 rings (SSSR count). The topological polar surface area (TPSA) is 15.7 Å². The van der Waals surface area contributed by atoms with Gasteiger partial charge >= 0.3 is 0 Å². The lowest BCUT2D eigenvalue weighted by Crippen LogP contribution is -2.45. The standard InChI is InChI=1S/C17H24Cl2N2O/c18-16-5-4-15(12-17(16)19)22-14-6-10-21(11-7-14)13-20-8-2-1-3-9-20/h4-5,12,14H,1-3,6-11,13H2. The van der Waals surface area contributed by atoms with Gasteiger partial charge in [-0.3, -0.25) is 9.80 Å². The van der Waals surface area contributed by atoms with Gasteiger partial charge in [0.15, 0.2) is 0 Å². The Hall–Kier alpha value is -0.480. The van der Waals surface area contributed by atoms with E-state index in [1.165, 1.54) is 32.4 Å². The van der Waals surface area contributed by atoms with E-state index in [0.717, 1.165) is 38.3 Å². The van der Waals surface area contributed by atoms with E-state index in [-0.39, 0.29) is 6.10 Å². The van der Waals surface area contributed by atoms with Crippen LogP contribution in [0.4, 0.5) is 0 Å². The Kier molecular flexibility index (Phi) is 5.86. The number of hydrogen-bond acceptors (Lipinski definition) is 3. The molecule has 2 saturated heterocycles. The Morgan fingerprint density at radius 3 is 2.27 bits per heavy atom. The summed E-state index contributed by atoms with van der Waals surface area (Å²) in [4.78, 5) is 5.14. The Labute approximate surface area is 143 Å². The quantitative estimate of drug-likeness (QED) is 0.812. The summed E-state index contributed by atoms with van der Waals surface area (Å²) in [5.41, 5.74) is 0. The van der Waals surface area contributed by atoms with Crippen LogP contribution in [-0.2, 0) is 0 Å². The SMILES string of the molecule is Clc1ccc(OC2CCN(CN3CCCCC3)CC2)cc1Cl. The maximum Gasteiger partial charge on any atom is 0.121 e. The second-order valence-electron chi connectivity index (χ2n) is 6.33. The van der Waals surface area contributed by atoms with Gasteiger partial charge in [-0.1, -0.05) is 29.6 Å². The third-order valence-electron chi connectivity index (χ3n) is 4.58. The van der Waals surface area contributed by atoms with Crippen molar-refractivity contribution in [2.45, 2.75) is 38.2 Å². The first-order chi connectivity index (χ1) is 10.7. The highest BCUT2D eigenvalue weighted by atomic mass is 35.5. The minimum Gasteiger partial charge on any atom is -0.490 e. The van der Waals surface area contributed by atoms with Gasteiger partial charge < -0.3 is 4.74 Å². The smallest absolute Gasteiger partial charge is 0.121 e. The molecule has 0 amide bonds. The molecule has 0 bridgehead atoms. The minimum atomic E-state index is 0.287. The Bertz CT molecular complexity index is 484. The average Bonchev–Trinajstić information content (AvgIpc) is 2.54. The summed E-state index contributed by atoms with van der Waals surface area (Å²) >= 11 is 12.0. The van der Waals surface area contributed by atoms with Crippen LogP contribution in [-0.4, -0.2) is 48.8 Å². The number of benzene rings is 1. The molecule has 1 aromatic rings. The van der Waals surface area contributed by atoms with Crippen LogP contribution in [0, 0.1) is 0 Å². The number of likely N-dealkylation sites (tertiary alicyclic amines) is 2. The molecule has 2 aliphatic rings. The van der Waals surface area contributed by atoms with Crippen LogP contribution in [0.25, 0.3) is 0 Å². The Morgan fingerprint density at radius 1 is 0.909 bits per heavy atom. The number of hydrogen-bond donors (Lipinski definition) is 0. The summed E-state index contributed by atoms with van der Waals surface area (Å²) in [6, 6.07) is 5.50. The highest BCUT2D eigenvalue weighted by molar-refractivity contribution is 6.42. The molecular weight excluding hydrogens is 319 g/mol. The second kappa shape index (κ2) is 7.87. The molecule has 3 nitrogen and oxygen atoms in total. The highest BCUT2D eigenvalue weighted by Gasteiger charge is 2.22. The van der Waals surface area contributed by atoms with Crippen LogP contribution in [0.5, 0.6) is 5.75 Å². The van der Waals surface area contributed by atoms with Crippen LogP contribution < -0.4 is 4.74 Å². The van der Waals surface area contributed by atoms with E-state index in [0.29, 0.717) is 10.0 Å². The monoisotopic (exact) mass is 342 g/mol. The lowest BCUT2D eigenvalue weighted by Gasteiger charge is -2.37. The van der Waals surface area contributed by atoms with Gasteiger partial charge in [-0.15, -0.1) is 0 Å². The van der Waals surface area contributed by atoms with E-state index in [2.05, 4.69) is 9.80 Å². The molecule has 2 fully saturated rings. The van der Waals surface area contributed by atoms with Crippen molar-refractivity contribution in [2.75, 3.05) is 32.8 Å². The summed E-state index contributed by atoms with van der Waals surface area (Å²) in [5, 5.41) is 1.13. The van der Waals surface area contributed by atoms with Gasteiger partial charge in [0.25, 0.3) is 0 Å². The Balaban J connectivity index is 1.44. The third-order valence-corrected chi connectivity index (χ3v) is 5.32. The molecule has 22 heavy (non-hydrogen) atoms. The van der Waals surface area contributed by atoms with Crippen LogP contribution in [0.3, 0.4) is 0 Å². The molecule has 0 unspecified atom stereocenters. The lowest BCUT2D eigenvalue weighted by molar-refractivity contribution is 0.0535. The van der Waals surface area contributed by atoms with Gasteiger partial charge in [0, 0.05) is 19.2 Å². The first-order valence-corrected chi connectivity index (χ1v) is 9.03. The van der Waals surface area contributed by atoms with Crippen molar-refractivity contribution in [1.29, 1.82) is 0 Å². The van der Waals surface area contributed by atoms with Crippen LogP contribution in [0.1, 0.15) is 32.1 Å². The minimum absolute atomic E-state index is 0.287. The Morgan fingerprint density at radius 2 is 1.59 bits per heavy atom. The maximum atomic E-state index is 6.05. The van der Waals surface area contributed by atoms with Gasteiger partial charge in [0.2, 0.25) is 0 Å². The van der Waals surface area contributed by atoms with Crippen molar-refractivity contribution < 1.29 is 4.74 Å². The predicted octanol–water partition coefficient (Wildman–Crippen LogP) is 4.28. The van der Waals surface area contributed by atoms with Crippen molar-refractivity contribution >= 4 is 23.2 Å². The molecule has 5 heteroatoms. The van der Waals surface area contributed by atoms with E-state index in [9.17, 15) is 0 Å². The fraction of sp³-hybridized carbons (Fsp3) is 0.647. The number of halogens is 2. The van der Waals surface area contributed by atoms with Gasteiger partial charge in [0.1, 0.15) is 11.9 Å². The molecule has 0 atom stereocenters. The van der Waals surface area contributed by atoms with Crippen molar-refractivity contribution in [3.8, 4) is 5.75 Å². The number of ether oxygens (including phenoxy) is 1. The van der Waals surface area contributed by atoms with Crippen molar-refractivity contribution in [3.63, 3.8) is 0 Å². The molecule has 0 saturated carbocycles. The molecule has 1 aromatic carbocycles. The first kappa shape index (κ1) is 16.4. The average molecular weight is 343 g/mol. The molecule has 2 aliphatic heterocycles. The summed E-state index contributed by atoms with van der Waals surface area (Å²) in [6.45, 7) is 5.88. The lowest BCUT2D eigenvalue weighted by atomic mass is 10.1. The summed E-state index contributed by atoms with van der Waals surface area (Å²) in [6.07, 6.45) is 6.56. The van der Waals surface area contributed by atoms with Crippen LogP contribution >= 0.6 is 23.2 Å². The molecule has 122 valence electrons. The molecule has 0 spiro atoms. The fourth-order valence-electron chi connectivity index (χ4n) is 3.29. The van der Waals surface area contributed by atoms with Crippen molar-refractivity contribution in [3.05, 3.63) is 28.2 Å². The van der Waals surface area contributed by atoms with Crippen LogP contribution in [0.2, 0.25) is 10.0 Å². The number of rotatable bonds is 4. The third kappa shape index (κ3) is 4.51. The molecule has 2 heterocycles. The predicted molar refractivity (Wildman–Crippen MR) is 92.0 cm³/mol.